The van der Waals surface area contributed by atoms with E-state index in [1.165, 1.54) is 12.8 Å². The molecule has 0 saturated heterocycles. The SMILES string of the molecule is CCn1cc[n+](CCCC(C)(C)C)c1. The molecular weight excluding hydrogens is 172 g/mol. The number of rotatable bonds is 4. The maximum Gasteiger partial charge on any atom is 0.243 e. The number of imidazole rings is 1. The highest BCUT2D eigenvalue weighted by molar-refractivity contribution is 4.65. The van der Waals surface area contributed by atoms with Gasteiger partial charge in [-0.2, -0.15) is 0 Å². The van der Waals surface area contributed by atoms with Crippen LogP contribution in [0.3, 0.4) is 0 Å². The summed E-state index contributed by atoms with van der Waals surface area (Å²) in [6.45, 7) is 11.3. The van der Waals surface area contributed by atoms with Crippen LogP contribution in [0.25, 0.3) is 0 Å². The molecule has 0 N–H and O–H groups in total. The second kappa shape index (κ2) is 4.63. The predicted octanol–water partition coefficient (Wildman–Crippen LogP) is 2.62. The van der Waals surface area contributed by atoms with Gasteiger partial charge in [0.2, 0.25) is 6.33 Å². The highest BCUT2D eigenvalue weighted by Crippen LogP contribution is 2.19. The quantitative estimate of drug-likeness (QED) is 0.653. The van der Waals surface area contributed by atoms with E-state index in [0.29, 0.717) is 5.41 Å². The predicted molar refractivity (Wildman–Crippen MR) is 59.0 cm³/mol. The number of nitrogens with zero attached hydrogens (tertiary/aromatic N) is 2. The lowest BCUT2D eigenvalue weighted by Gasteiger charge is -2.16. The molecule has 0 radical (unpaired) electrons. The minimum Gasteiger partial charge on any atom is -0.237 e. The molecule has 0 aliphatic rings. The molecule has 0 saturated carbocycles. The van der Waals surface area contributed by atoms with Crippen LogP contribution in [0.5, 0.6) is 0 Å². The average molecular weight is 195 g/mol. The van der Waals surface area contributed by atoms with Crippen molar-refractivity contribution >= 4 is 0 Å². The van der Waals surface area contributed by atoms with Crippen LogP contribution < -0.4 is 4.57 Å². The minimum atomic E-state index is 0.466. The Hall–Kier alpha value is -0.790. The fourth-order valence-electron chi connectivity index (χ4n) is 1.55. The molecule has 0 atom stereocenters. The topological polar surface area (TPSA) is 8.81 Å². The summed E-state index contributed by atoms with van der Waals surface area (Å²) < 4.78 is 4.48. The molecule has 1 aromatic rings. The number of aryl methyl sites for hydroxylation is 2. The van der Waals surface area contributed by atoms with Gasteiger partial charge in [-0.25, -0.2) is 9.13 Å². The van der Waals surface area contributed by atoms with E-state index in [1.54, 1.807) is 0 Å². The highest BCUT2D eigenvalue weighted by Gasteiger charge is 2.10. The van der Waals surface area contributed by atoms with Crippen molar-refractivity contribution < 1.29 is 4.57 Å². The van der Waals surface area contributed by atoms with E-state index in [9.17, 15) is 0 Å². The fraction of sp³-hybridized carbons (Fsp3) is 0.750. The highest BCUT2D eigenvalue weighted by atomic mass is 15.1. The van der Waals surface area contributed by atoms with Gasteiger partial charge in [-0.05, 0) is 25.2 Å². The van der Waals surface area contributed by atoms with Crippen molar-refractivity contribution in [2.45, 2.75) is 53.6 Å². The molecule has 2 heteroatoms. The first-order chi connectivity index (χ1) is 6.51. The summed E-state index contributed by atoms with van der Waals surface area (Å²) in [6, 6.07) is 0. The van der Waals surface area contributed by atoms with E-state index in [-0.39, 0.29) is 0 Å². The Kier molecular flexibility index (Phi) is 3.73. The van der Waals surface area contributed by atoms with Crippen LogP contribution in [0.1, 0.15) is 40.5 Å². The van der Waals surface area contributed by atoms with Gasteiger partial charge in [0.1, 0.15) is 12.4 Å². The van der Waals surface area contributed by atoms with Crippen LogP contribution >= 0.6 is 0 Å². The largest absolute Gasteiger partial charge is 0.243 e. The van der Waals surface area contributed by atoms with Crippen LogP contribution in [-0.2, 0) is 13.1 Å². The maximum absolute atomic E-state index is 2.30. The van der Waals surface area contributed by atoms with Crippen molar-refractivity contribution in [2.75, 3.05) is 0 Å². The van der Waals surface area contributed by atoms with Crippen molar-refractivity contribution in [3.8, 4) is 0 Å². The summed E-state index contributed by atoms with van der Waals surface area (Å²) in [6.07, 6.45) is 9.03. The Bertz CT molecular complexity index is 268. The summed E-state index contributed by atoms with van der Waals surface area (Å²) in [7, 11) is 0. The van der Waals surface area contributed by atoms with Crippen LogP contribution in [0, 0.1) is 5.41 Å². The van der Waals surface area contributed by atoms with Crippen molar-refractivity contribution in [1.82, 2.24) is 4.57 Å². The summed E-state index contributed by atoms with van der Waals surface area (Å²) >= 11 is 0. The average Bonchev–Trinajstić information content (AvgIpc) is 2.50. The maximum atomic E-state index is 2.30. The van der Waals surface area contributed by atoms with Gasteiger partial charge in [0.15, 0.2) is 0 Å². The zero-order chi connectivity index (χ0) is 10.6. The molecule has 0 unspecified atom stereocenters. The number of hydrogen-bond donors (Lipinski definition) is 0. The van der Waals surface area contributed by atoms with E-state index < -0.39 is 0 Å². The van der Waals surface area contributed by atoms with Crippen LogP contribution in [0.2, 0.25) is 0 Å². The van der Waals surface area contributed by atoms with Crippen LogP contribution in [0.4, 0.5) is 0 Å². The lowest BCUT2D eigenvalue weighted by molar-refractivity contribution is -0.697. The molecule has 1 aromatic heterocycles. The van der Waals surface area contributed by atoms with E-state index in [0.717, 1.165) is 13.1 Å². The fourth-order valence-corrected chi connectivity index (χ4v) is 1.55. The molecule has 0 aromatic carbocycles. The van der Waals surface area contributed by atoms with Crippen molar-refractivity contribution in [3.63, 3.8) is 0 Å². The minimum absolute atomic E-state index is 0.466. The van der Waals surface area contributed by atoms with E-state index in [1.807, 2.05) is 0 Å². The van der Waals surface area contributed by atoms with Gasteiger partial charge in [0.25, 0.3) is 0 Å². The third-order valence-corrected chi connectivity index (χ3v) is 2.45. The Morgan fingerprint density at radius 2 is 2.00 bits per heavy atom. The first kappa shape index (κ1) is 11.3. The number of aromatic nitrogens is 2. The van der Waals surface area contributed by atoms with Gasteiger partial charge >= 0.3 is 0 Å². The van der Waals surface area contributed by atoms with Crippen molar-refractivity contribution in [3.05, 3.63) is 18.7 Å². The zero-order valence-electron chi connectivity index (χ0n) is 9.95. The second-order valence-electron chi connectivity index (χ2n) is 5.15. The molecule has 0 aliphatic carbocycles. The third-order valence-electron chi connectivity index (χ3n) is 2.45. The first-order valence-electron chi connectivity index (χ1n) is 5.56. The van der Waals surface area contributed by atoms with E-state index in [2.05, 4.69) is 55.6 Å². The molecule has 14 heavy (non-hydrogen) atoms. The monoisotopic (exact) mass is 195 g/mol. The third kappa shape index (κ3) is 3.95. The summed E-state index contributed by atoms with van der Waals surface area (Å²) in [5.74, 6) is 0. The van der Waals surface area contributed by atoms with Gasteiger partial charge in [-0.3, -0.25) is 0 Å². The van der Waals surface area contributed by atoms with Gasteiger partial charge in [0, 0.05) is 0 Å². The molecule has 0 amide bonds. The molecule has 0 fully saturated rings. The van der Waals surface area contributed by atoms with Crippen molar-refractivity contribution in [1.29, 1.82) is 0 Å². The lowest BCUT2D eigenvalue weighted by atomic mass is 9.91. The normalized spacial score (nSPS) is 12.0. The molecule has 80 valence electrons. The van der Waals surface area contributed by atoms with Crippen LogP contribution in [-0.4, -0.2) is 4.57 Å². The summed E-state index contributed by atoms with van der Waals surface area (Å²) in [4.78, 5) is 0. The van der Waals surface area contributed by atoms with Crippen LogP contribution in [0.15, 0.2) is 18.7 Å². The Balaban J connectivity index is 2.31. The molecule has 0 aliphatic heterocycles. The second-order valence-corrected chi connectivity index (χ2v) is 5.15. The van der Waals surface area contributed by atoms with Crippen molar-refractivity contribution in [2.24, 2.45) is 5.41 Å². The van der Waals surface area contributed by atoms with Gasteiger partial charge < -0.3 is 0 Å². The molecule has 0 bridgehead atoms. The molecular formula is C12H23N2+. The van der Waals surface area contributed by atoms with Gasteiger partial charge in [-0.15, -0.1) is 0 Å². The zero-order valence-corrected chi connectivity index (χ0v) is 9.95. The molecule has 1 heterocycles. The van der Waals surface area contributed by atoms with Gasteiger partial charge in [-0.1, -0.05) is 20.8 Å². The first-order valence-corrected chi connectivity index (χ1v) is 5.56. The molecule has 2 nitrogen and oxygen atoms in total. The summed E-state index contributed by atoms with van der Waals surface area (Å²) in [5.41, 5.74) is 0.466. The summed E-state index contributed by atoms with van der Waals surface area (Å²) in [5, 5.41) is 0. The standard InChI is InChI=1S/C12H23N2/c1-5-13-9-10-14(11-13)8-6-7-12(2,3)4/h9-11H,5-8H2,1-4H3/q+1. The Labute approximate surface area is 87.6 Å². The van der Waals surface area contributed by atoms with E-state index >= 15 is 0 Å². The molecule has 1 rings (SSSR count). The lowest BCUT2D eigenvalue weighted by Crippen LogP contribution is -2.31. The van der Waals surface area contributed by atoms with Gasteiger partial charge in [0.05, 0.1) is 13.1 Å². The number of hydrogen-bond acceptors (Lipinski definition) is 0. The Morgan fingerprint density at radius 1 is 1.29 bits per heavy atom. The molecule has 0 spiro atoms. The smallest absolute Gasteiger partial charge is 0.237 e. The Morgan fingerprint density at radius 3 is 2.50 bits per heavy atom. The van der Waals surface area contributed by atoms with E-state index in [4.69, 9.17) is 0 Å².